The molecule has 0 unspecified atom stereocenters. The van der Waals surface area contributed by atoms with E-state index < -0.39 is 5.97 Å². The van der Waals surface area contributed by atoms with Gasteiger partial charge in [-0.15, -0.1) is 11.3 Å². The Labute approximate surface area is 84.5 Å². The van der Waals surface area contributed by atoms with Crippen LogP contribution >= 0.6 is 22.9 Å². The number of halogens is 1. The highest BCUT2D eigenvalue weighted by atomic mass is 35.5. The van der Waals surface area contributed by atoms with Crippen LogP contribution in [0.1, 0.15) is 22.2 Å². The first-order valence-electron chi connectivity index (χ1n) is 3.55. The van der Waals surface area contributed by atoms with Crippen molar-refractivity contribution in [3.8, 4) is 6.07 Å². The van der Waals surface area contributed by atoms with Crippen LogP contribution in [0.15, 0.2) is 6.07 Å². The van der Waals surface area contributed by atoms with E-state index in [9.17, 15) is 4.79 Å². The van der Waals surface area contributed by atoms with Gasteiger partial charge in [-0.2, -0.15) is 5.26 Å². The summed E-state index contributed by atoms with van der Waals surface area (Å²) in [5, 5.41) is 8.56. The molecule has 1 rings (SSSR count). The molecule has 0 fully saturated rings. The van der Waals surface area contributed by atoms with Crippen molar-refractivity contribution in [2.75, 3.05) is 6.61 Å². The van der Waals surface area contributed by atoms with Crippen LogP contribution in [0, 0.1) is 11.3 Å². The largest absolute Gasteiger partial charge is 0.462 e. The molecule has 0 aromatic carbocycles. The number of hydrogen-bond donors (Lipinski definition) is 0. The number of nitriles is 1. The van der Waals surface area contributed by atoms with Gasteiger partial charge in [0, 0.05) is 0 Å². The van der Waals surface area contributed by atoms with Gasteiger partial charge >= 0.3 is 5.97 Å². The minimum Gasteiger partial charge on any atom is -0.462 e. The van der Waals surface area contributed by atoms with Crippen molar-refractivity contribution in [3.63, 3.8) is 0 Å². The second-order valence-electron chi connectivity index (χ2n) is 2.13. The first-order valence-corrected chi connectivity index (χ1v) is 4.75. The molecule has 0 saturated heterocycles. The SMILES string of the molecule is CCOC(=O)c1cc(C#N)c(Cl)s1. The van der Waals surface area contributed by atoms with Crippen LogP contribution in [-0.2, 0) is 4.74 Å². The number of ether oxygens (including phenoxy) is 1. The molecule has 68 valence electrons. The molecule has 1 aromatic heterocycles. The lowest BCUT2D eigenvalue weighted by Crippen LogP contribution is -2.01. The van der Waals surface area contributed by atoms with Crippen LogP contribution in [0.4, 0.5) is 0 Å². The quantitative estimate of drug-likeness (QED) is 0.712. The Morgan fingerprint density at radius 1 is 1.85 bits per heavy atom. The molecule has 1 aromatic rings. The van der Waals surface area contributed by atoms with Gasteiger partial charge in [-0.05, 0) is 13.0 Å². The van der Waals surface area contributed by atoms with E-state index in [1.165, 1.54) is 6.07 Å². The molecule has 1 heterocycles. The van der Waals surface area contributed by atoms with Gasteiger partial charge in [-0.25, -0.2) is 4.79 Å². The minimum atomic E-state index is -0.434. The molecule has 0 spiro atoms. The molecule has 0 aliphatic carbocycles. The molecule has 0 N–H and O–H groups in total. The fraction of sp³-hybridized carbons (Fsp3) is 0.250. The number of nitrogens with zero attached hydrogens (tertiary/aromatic N) is 1. The Kier molecular flexibility index (Phi) is 3.29. The van der Waals surface area contributed by atoms with Crippen LogP contribution in [-0.4, -0.2) is 12.6 Å². The predicted molar refractivity (Wildman–Crippen MR) is 50.0 cm³/mol. The van der Waals surface area contributed by atoms with E-state index in [4.69, 9.17) is 21.6 Å². The summed E-state index contributed by atoms with van der Waals surface area (Å²) in [6.07, 6.45) is 0. The molecule has 13 heavy (non-hydrogen) atoms. The van der Waals surface area contributed by atoms with Gasteiger partial charge in [-0.3, -0.25) is 0 Å². The zero-order valence-electron chi connectivity index (χ0n) is 6.83. The van der Waals surface area contributed by atoms with Gasteiger partial charge in [-0.1, -0.05) is 11.6 Å². The molecule has 0 bridgehead atoms. The summed E-state index contributed by atoms with van der Waals surface area (Å²) in [7, 11) is 0. The summed E-state index contributed by atoms with van der Waals surface area (Å²) in [5.74, 6) is -0.434. The molecule has 0 atom stereocenters. The third-order valence-corrected chi connectivity index (χ3v) is 2.62. The van der Waals surface area contributed by atoms with Crippen molar-refractivity contribution >= 4 is 28.9 Å². The molecular formula is C8H6ClNO2S. The Hall–Kier alpha value is -1.05. The van der Waals surface area contributed by atoms with E-state index in [0.717, 1.165) is 11.3 Å². The first-order chi connectivity index (χ1) is 6.19. The second kappa shape index (κ2) is 4.26. The standard InChI is InChI=1S/C8H6ClNO2S/c1-2-12-8(11)6-3-5(4-10)7(9)13-6/h3H,2H2,1H3. The van der Waals surface area contributed by atoms with Crippen LogP contribution in [0.3, 0.4) is 0 Å². The third-order valence-electron chi connectivity index (χ3n) is 1.28. The van der Waals surface area contributed by atoms with Crippen molar-refractivity contribution in [1.29, 1.82) is 5.26 Å². The maximum Gasteiger partial charge on any atom is 0.348 e. The smallest absolute Gasteiger partial charge is 0.348 e. The molecule has 5 heteroatoms. The summed E-state index contributed by atoms with van der Waals surface area (Å²) >= 11 is 6.73. The molecule has 0 aliphatic rings. The van der Waals surface area contributed by atoms with Crippen LogP contribution in [0.25, 0.3) is 0 Å². The average Bonchev–Trinajstić information content (AvgIpc) is 2.47. The maximum absolute atomic E-state index is 11.1. The lowest BCUT2D eigenvalue weighted by Gasteiger charge is -1.95. The molecule has 0 saturated carbocycles. The third kappa shape index (κ3) is 2.20. The fourth-order valence-corrected chi connectivity index (χ4v) is 1.82. The van der Waals surface area contributed by atoms with E-state index in [2.05, 4.69) is 0 Å². The Bertz CT molecular complexity index is 367. The van der Waals surface area contributed by atoms with Crippen molar-refractivity contribution in [3.05, 3.63) is 20.8 Å². The highest BCUT2D eigenvalue weighted by molar-refractivity contribution is 7.18. The molecule has 0 amide bonds. The molecule has 3 nitrogen and oxygen atoms in total. The van der Waals surface area contributed by atoms with Gasteiger partial charge in [0.2, 0.25) is 0 Å². The molecular weight excluding hydrogens is 210 g/mol. The summed E-state index contributed by atoms with van der Waals surface area (Å²) in [4.78, 5) is 11.5. The van der Waals surface area contributed by atoms with Crippen molar-refractivity contribution in [2.24, 2.45) is 0 Å². The van der Waals surface area contributed by atoms with Crippen LogP contribution < -0.4 is 0 Å². The average molecular weight is 216 g/mol. The van der Waals surface area contributed by atoms with Gasteiger partial charge < -0.3 is 4.74 Å². The number of rotatable bonds is 2. The van der Waals surface area contributed by atoms with Crippen molar-refractivity contribution in [2.45, 2.75) is 6.92 Å². The normalized spacial score (nSPS) is 9.31. The Balaban J connectivity index is 2.92. The first kappa shape index (κ1) is 10.0. The van der Waals surface area contributed by atoms with Crippen molar-refractivity contribution in [1.82, 2.24) is 0 Å². The van der Waals surface area contributed by atoms with E-state index in [-0.39, 0.29) is 0 Å². The van der Waals surface area contributed by atoms with Crippen LogP contribution in [0.2, 0.25) is 4.34 Å². The summed E-state index contributed by atoms with van der Waals surface area (Å²) in [6.45, 7) is 2.04. The van der Waals surface area contributed by atoms with Gasteiger partial charge in [0.25, 0.3) is 0 Å². The van der Waals surface area contributed by atoms with E-state index in [0.29, 0.717) is 21.4 Å². The summed E-state index contributed by atoms with van der Waals surface area (Å²) < 4.78 is 5.07. The zero-order valence-corrected chi connectivity index (χ0v) is 8.41. The van der Waals surface area contributed by atoms with Crippen LogP contribution in [0.5, 0.6) is 0 Å². The summed E-state index contributed by atoms with van der Waals surface area (Å²) in [6, 6.07) is 3.32. The van der Waals surface area contributed by atoms with E-state index >= 15 is 0 Å². The number of carbonyl (C=O) groups excluding carboxylic acids is 1. The number of carbonyl (C=O) groups is 1. The monoisotopic (exact) mass is 215 g/mol. The van der Waals surface area contributed by atoms with E-state index in [1.54, 1.807) is 6.92 Å². The minimum absolute atomic E-state index is 0.315. The topological polar surface area (TPSA) is 50.1 Å². The summed E-state index contributed by atoms with van der Waals surface area (Å²) in [5.41, 5.74) is 0.315. The predicted octanol–water partition coefficient (Wildman–Crippen LogP) is 2.45. The number of hydrogen-bond acceptors (Lipinski definition) is 4. The van der Waals surface area contributed by atoms with Crippen molar-refractivity contribution < 1.29 is 9.53 Å². The zero-order chi connectivity index (χ0) is 9.84. The number of thiophene rings is 1. The van der Waals surface area contributed by atoms with Gasteiger partial charge in [0.05, 0.1) is 12.2 Å². The second-order valence-corrected chi connectivity index (χ2v) is 3.78. The lowest BCUT2D eigenvalue weighted by atomic mass is 10.3. The van der Waals surface area contributed by atoms with E-state index in [1.807, 2.05) is 6.07 Å². The number of esters is 1. The Morgan fingerprint density at radius 3 is 3.00 bits per heavy atom. The highest BCUT2D eigenvalue weighted by Gasteiger charge is 2.13. The van der Waals surface area contributed by atoms with Gasteiger partial charge in [0.1, 0.15) is 15.3 Å². The highest BCUT2D eigenvalue weighted by Crippen LogP contribution is 2.27. The fourth-order valence-electron chi connectivity index (χ4n) is 0.748. The Morgan fingerprint density at radius 2 is 2.54 bits per heavy atom. The van der Waals surface area contributed by atoms with Gasteiger partial charge in [0.15, 0.2) is 0 Å². The molecule has 0 radical (unpaired) electrons. The molecule has 0 aliphatic heterocycles. The lowest BCUT2D eigenvalue weighted by molar-refractivity contribution is 0.0532. The maximum atomic E-state index is 11.1.